The topological polar surface area (TPSA) is 60.0 Å². The highest BCUT2D eigenvalue weighted by molar-refractivity contribution is 5.43. The van der Waals surface area contributed by atoms with Crippen LogP contribution in [0.3, 0.4) is 0 Å². The van der Waals surface area contributed by atoms with Gasteiger partial charge in [0, 0.05) is 6.54 Å². The van der Waals surface area contributed by atoms with Crippen LogP contribution < -0.4 is 19.5 Å². The Hall–Kier alpha value is -2.24. The fourth-order valence-corrected chi connectivity index (χ4v) is 3.03. The molecule has 0 saturated carbocycles. The summed E-state index contributed by atoms with van der Waals surface area (Å²) < 4.78 is 16.5. The van der Waals surface area contributed by atoms with Crippen LogP contribution in [0, 0.1) is 6.92 Å². The molecule has 0 fully saturated rings. The van der Waals surface area contributed by atoms with Crippen LogP contribution >= 0.6 is 0 Å². The first kappa shape index (κ1) is 22.1. The molecule has 5 nitrogen and oxygen atoms in total. The summed E-state index contributed by atoms with van der Waals surface area (Å²) in [5, 5.41) is 13.5. The minimum Gasteiger partial charge on any atom is -0.493 e. The number of nitrogens with one attached hydrogen (secondary N) is 1. The summed E-state index contributed by atoms with van der Waals surface area (Å²) in [6, 6.07) is 12.1. The van der Waals surface area contributed by atoms with Gasteiger partial charge in [-0.25, -0.2) is 0 Å². The van der Waals surface area contributed by atoms with Gasteiger partial charge >= 0.3 is 0 Å². The number of hydrogen-bond acceptors (Lipinski definition) is 5. The van der Waals surface area contributed by atoms with Gasteiger partial charge in [-0.1, -0.05) is 32.0 Å². The molecule has 0 aliphatic heterocycles. The standard InChI is InChI=1S/C23H33NO4/c1-16(2)20-8-6-17(3)12-22(20)28-15-19(25)14-24-11-10-18-7-9-21(26-4)23(13-18)27-5/h6-9,12-13,16,19,24-25H,10-11,14-15H2,1-5H3/t19-/m1/s1. The third-order valence-electron chi connectivity index (χ3n) is 4.64. The maximum Gasteiger partial charge on any atom is 0.160 e. The summed E-state index contributed by atoms with van der Waals surface area (Å²) in [6.07, 6.45) is 0.273. The van der Waals surface area contributed by atoms with Crippen molar-refractivity contribution in [1.82, 2.24) is 5.32 Å². The molecule has 0 unspecified atom stereocenters. The van der Waals surface area contributed by atoms with Crippen LogP contribution in [0.4, 0.5) is 0 Å². The van der Waals surface area contributed by atoms with E-state index in [0.29, 0.717) is 12.5 Å². The highest BCUT2D eigenvalue weighted by atomic mass is 16.5. The number of methoxy groups -OCH3 is 2. The van der Waals surface area contributed by atoms with Crippen molar-refractivity contribution >= 4 is 0 Å². The first-order chi connectivity index (χ1) is 13.4. The van der Waals surface area contributed by atoms with Gasteiger partial charge < -0.3 is 24.6 Å². The maximum atomic E-state index is 10.2. The molecular formula is C23H33NO4. The number of aryl methyl sites for hydroxylation is 1. The second-order valence-corrected chi connectivity index (χ2v) is 7.30. The van der Waals surface area contributed by atoms with Crippen LogP contribution in [-0.4, -0.2) is 45.1 Å². The van der Waals surface area contributed by atoms with Gasteiger partial charge in [-0.2, -0.15) is 0 Å². The fourth-order valence-electron chi connectivity index (χ4n) is 3.03. The lowest BCUT2D eigenvalue weighted by Gasteiger charge is -2.18. The molecule has 154 valence electrons. The Morgan fingerprint density at radius 3 is 2.39 bits per heavy atom. The lowest BCUT2D eigenvalue weighted by Crippen LogP contribution is -2.32. The number of aliphatic hydroxyl groups excluding tert-OH is 1. The highest BCUT2D eigenvalue weighted by Gasteiger charge is 2.11. The zero-order chi connectivity index (χ0) is 20.5. The Balaban J connectivity index is 1.76. The van der Waals surface area contributed by atoms with Gasteiger partial charge in [-0.05, 0) is 60.7 Å². The Morgan fingerprint density at radius 2 is 1.71 bits per heavy atom. The van der Waals surface area contributed by atoms with Crippen molar-refractivity contribution in [3.8, 4) is 17.2 Å². The highest BCUT2D eigenvalue weighted by Crippen LogP contribution is 2.28. The van der Waals surface area contributed by atoms with Crippen molar-refractivity contribution in [1.29, 1.82) is 0 Å². The van der Waals surface area contributed by atoms with Crippen molar-refractivity contribution in [2.45, 2.75) is 39.2 Å². The number of ether oxygens (including phenoxy) is 3. The normalized spacial score (nSPS) is 12.1. The van der Waals surface area contributed by atoms with Crippen molar-refractivity contribution < 1.29 is 19.3 Å². The number of aliphatic hydroxyl groups is 1. The molecule has 0 heterocycles. The van der Waals surface area contributed by atoms with E-state index < -0.39 is 6.10 Å². The van der Waals surface area contributed by atoms with Gasteiger partial charge in [0.15, 0.2) is 11.5 Å². The van der Waals surface area contributed by atoms with Crippen LogP contribution in [0.2, 0.25) is 0 Å². The van der Waals surface area contributed by atoms with E-state index in [9.17, 15) is 5.11 Å². The van der Waals surface area contributed by atoms with Crippen molar-refractivity contribution in [2.75, 3.05) is 33.9 Å². The predicted octanol–water partition coefficient (Wildman–Crippen LogP) is 3.71. The van der Waals surface area contributed by atoms with Gasteiger partial charge in [0.2, 0.25) is 0 Å². The molecule has 28 heavy (non-hydrogen) atoms. The van der Waals surface area contributed by atoms with Crippen LogP contribution in [0.15, 0.2) is 36.4 Å². The molecule has 2 aromatic rings. The Labute approximate surface area is 168 Å². The molecule has 5 heteroatoms. The molecule has 0 spiro atoms. The summed E-state index contributed by atoms with van der Waals surface area (Å²) in [5.41, 5.74) is 3.47. The first-order valence-corrected chi connectivity index (χ1v) is 9.77. The third kappa shape index (κ3) is 6.43. The molecule has 1 atom stereocenters. The average molecular weight is 388 g/mol. The Kier molecular flexibility index (Phi) is 8.61. The Morgan fingerprint density at radius 1 is 0.964 bits per heavy atom. The fraction of sp³-hybridized carbons (Fsp3) is 0.478. The molecule has 0 amide bonds. The summed E-state index contributed by atoms with van der Waals surface area (Å²) in [5.74, 6) is 2.70. The molecule has 0 aliphatic carbocycles. The number of benzene rings is 2. The minimum absolute atomic E-state index is 0.270. The largest absolute Gasteiger partial charge is 0.493 e. The molecule has 0 saturated heterocycles. The first-order valence-electron chi connectivity index (χ1n) is 9.77. The van der Waals surface area contributed by atoms with Crippen LogP contribution in [-0.2, 0) is 6.42 Å². The van der Waals surface area contributed by atoms with Gasteiger partial charge in [0.05, 0.1) is 14.2 Å². The van der Waals surface area contributed by atoms with Crippen LogP contribution in [0.5, 0.6) is 17.2 Å². The van der Waals surface area contributed by atoms with Gasteiger partial charge in [0.25, 0.3) is 0 Å². The number of rotatable bonds is 11. The summed E-state index contributed by atoms with van der Waals surface area (Å²) in [6.45, 7) is 7.84. The minimum atomic E-state index is -0.564. The van der Waals surface area contributed by atoms with Crippen LogP contribution in [0.25, 0.3) is 0 Å². The van der Waals surface area contributed by atoms with Crippen LogP contribution in [0.1, 0.15) is 36.5 Å². The molecule has 2 aromatic carbocycles. The molecule has 2 rings (SSSR count). The maximum absolute atomic E-state index is 10.2. The average Bonchev–Trinajstić information content (AvgIpc) is 2.69. The Bertz CT molecular complexity index is 745. The molecule has 2 N–H and O–H groups in total. The second kappa shape index (κ2) is 10.9. The SMILES string of the molecule is COc1ccc(CCNC[C@@H](O)COc2cc(C)ccc2C(C)C)cc1OC. The van der Waals surface area contributed by atoms with E-state index >= 15 is 0 Å². The van der Waals surface area contributed by atoms with E-state index in [-0.39, 0.29) is 6.61 Å². The molecular weight excluding hydrogens is 354 g/mol. The van der Waals surface area contributed by atoms with Crippen molar-refractivity contribution in [2.24, 2.45) is 0 Å². The van der Waals surface area contributed by atoms with Gasteiger partial charge in [-0.15, -0.1) is 0 Å². The predicted molar refractivity (Wildman–Crippen MR) is 113 cm³/mol. The van der Waals surface area contributed by atoms with E-state index in [2.05, 4.69) is 31.3 Å². The number of hydrogen-bond donors (Lipinski definition) is 2. The summed E-state index contributed by atoms with van der Waals surface area (Å²) in [4.78, 5) is 0. The molecule has 0 bridgehead atoms. The lowest BCUT2D eigenvalue weighted by atomic mass is 10.0. The molecule has 0 aliphatic rings. The smallest absolute Gasteiger partial charge is 0.160 e. The zero-order valence-electron chi connectivity index (χ0n) is 17.6. The van der Waals surface area contributed by atoms with Crippen molar-refractivity contribution in [3.63, 3.8) is 0 Å². The molecule has 0 radical (unpaired) electrons. The monoisotopic (exact) mass is 387 g/mol. The zero-order valence-corrected chi connectivity index (χ0v) is 17.6. The summed E-state index contributed by atoms with van der Waals surface area (Å²) in [7, 11) is 3.26. The quantitative estimate of drug-likeness (QED) is 0.576. The van der Waals surface area contributed by atoms with Gasteiger partial charge in [0.1, 0.15) is 18.5 Å². The lowest BCUT2D eigenvalue weighted by molar-refractivity contribution is 0.106. The van der Waals surface area contributed by atoms with E-state index in [4.69, 9.17) is 14.2 Å². The third-order valence-corrected chi connectivity index (χ3v) is 4.64. The molecule has 0 aromatic heterocycles. The second-order valence-electron chi connectivity index (χ2n) is 7.30. The van der Waals surface area contributed by atoms with Gasteiger partial charge in [-0.3, -0.25) is 0 Å². The van der Waals surface area contributed by atoms with E-state index in [1.54, 1.807) is 14.2 Å². The van der Waals surface area contributed by atoms with E-state index in [0.717, 1.165) is 41.3 Å². The summed E-state index contributed by atoms with van der Waals surface area (Å²) >= 11 is 0. The van der Waals surface area contributed by atoms with E-state index in [1.807, 2.05) is 31.2 Å². The van der Waals surface area contributed by atoms with Crippen molar-refractivity contribution in [3.05, 3.63) is 53.1 Å². The van der Waals surface area contributed by atoms with E-state index in [1.165, 1.54) is 5.56 Å².